The number of hydrogen-bond donors (Lipinski definition) is 1. The van der Waals surface area contributed by atoms with E-state index in [0.29, 0.717) is 12.3 Å². The molecule has 1 aliphatic heterocycles. The molecular weight excluding hydrogens is 309 g/mol. The van der Waals surface area contributed by atoms with Crippen LogP contribution in [-0.2, 0) is 9.53 Å². The van der Waals surface area contributed by atoms with Crippen molar-refractivity contribution in [2.75, 3.05) is 30.9 Å². The minimum Gasteiger partial charge on any atom is -0.376 e. The molecule has 1 aliphatic rings. The van der Waals surface area contributed by atoms with E-state index in [4.69, 9.17) is 4.74 Å². The van der Waals surface area contributed by atoms with Crippen LogP contribution in [0.5, 0.6) is 0 Å². The Morgan fingerprint density at radius 2 is 2.05 bits per heavy atom. The number of rotatable bonds is 6. The van der Waals surface area contributed by atoms with E-state index in [0.717, 1.165) is 29.2 Å². The summed E-state index contributed by atoms with van der Waals surface area (Å²) in [6.45, 7) is 0.562. The average Bonchev–Trinajstić information content (AvgIpc) is 2.53. The Morgan fingerprint density at radius 3 is 2.67 bits per heavy atom. The standard InChI is InChI=1S/C15H20FNO2S2/c1-19-15(6-8-20-9-7-15)11-17-14(18)10-21-13-4-2-12(16)3-5-13/h2-5H,6-11H2,1H3,(H,17,18). The van der Waals surface area contributed by atoms with Gasteiger partial charge in [0.15, 0.2) is 0 Å². The van der Waals surface area contributed by atoms with E-state index in [1.54, 1.807) is 19.2 Å². The van der Waals surface area contributed by atoms with Crippen molar-refractivity contribution < 1.29 is 13.9 Å². The molecule has 1 aromatic rings. The van der Waals surface area contributed by atoms with Gasteiger partial charge in [0, 0.05) is 18.6 Å². The molecule has 0 unspecified atom stereocenters. The molecule has 1 aromatic carbocycles. The predicted molar refractivity (Wildman–Crippen MR) is 86.4 cm³/mol. The van der Waals surface area contributed by atoms with Crippen molar-refractivity contribution in [2.24, 2.45) is 0 Å². The Bertz CT molecular complexity index is 461. The number of nitrogens with one attached hydrogen (secondary N) is 1. The smallest absolute Gasteiger partial charge is 0.230 e. The molecular formula is C15H20FNO2S2. The number of halogens is 1. The first kappa shape index (κ1) is 16.6. The van der Waals surface area contributed by atoms with Crippen LogP contribution >= 0.6 is 23.5 Å². The van der Waals surface area contributed by atoms with Gasteiger partial charge in [-0.1, -0.05) is 0 Å². The molecule has 21 heavy (non-hydrogen) atoms. The van der Waals surface area contributed by atoms with Crippen LogP contribution in [0.25, 0.3) is 0 Å². The van der Waals surface area contributed by atoms with E-state index in [1.807, 2.05) is 11.8 Å². The second-order valence-electron chi connectivity index (χ2n) is 5.02. The van der Waals surface area contributed by atoms with Crippen LogP contribution in [0.4, 0.5) is 4.39 Å². The van der Waals surface area contributed by atoms with Crippen LogP contribution in [-0.4, -0.2) is 42.4 Å². The molecule has 1 heterocycles. The lowest BCUT2D eigenvalue weighted by molar-refractivity contribution is -0.120. The van der Waals surface area contributed by atoms with Gasteiger partial charge in [-0.15, -0.1) is 11.8 Å². The van der Waals surface area contributed by atoms with E-state index in [2.05, 4.69) is 5.32 Å². The molecule has 1 N–H and O–H groups in total. The second kappa shape index (κ2) is 8.06. The summed E-state index contributed by atoms with van der Waals surface area (Å²) in [5, 5.41) is 2.96. The predicted octanol–water partition coefficient (Wildman–Crippen LogP) is 2.95. The third-order valence-electron chi connectivity index (χ3n) is 3.63. The first-order valence-corrected chi connectivity index (χ1v) is 9.06. The van der Waals surface area contributed by atoms with E-state index >= 15 is 0 Å². The van der Waals surface area contributed by atoms with E-state index < -0.39 is 0 Å². The first-order valence-electron chi connectivity index (χ1n) is 6.91. The molecule has 0 atom stereocenters. The third-order valence-corrected chi connectivity index (χ3v) is 5.63. The molecule has 2 rings (SSSR count). The summed E-state index contributed by atoms with van der Waals surface area (Å²) in [6.07, 6.45) is 1.94. The Labute approximate surface area is 133 Å². The minimum absolute atomic E-state index is 0.0148. The van der Waals surface area contributed by atoms with E-state index in [-0.39, 0.29) is 17.3 Å². The highest BCUT2D eigenvalue weighted by molar-refractivity contribution is 8.00. The Kier molecular flexibility index (Phi) is 6.39. The summed E-state index contributed by atoms with van der Waals surface area (Å²) >= 11 is 3.33. The zero-order valence-corrected chi connectivity index (χ0v) is 13.7. The summed E-state index contributed by atoms with van der Waals surface area (Å²) in [5.74, 6) is 2.21. The molecule has 1 saturated heterocycles. The van der Waals surface area contributed by atoms with E-state index in [1.165, 1.54) is 23.9 Å². The minimum atomic E-state index is -0.263. The number of carbonyl (C=O) groups is 1. The number of carbonyl (C=O) groups excluding carboxylic acids is 1. The van der Waals surface area contributed by atoms with Gasteiger partial charge >= 0.3 is 0 Å². The Hall–Kier alpha value is -0.720. The maximum Gasteiger partial charge on any atom is 0.230 e. The molecule has 116 valence electrons. The number of benzene rings is 1. The zero-order chi connectivity index (χ0) is 15.1. The largest absolute Gasteiger partial charge is 0.376 e. The van der Waals surface area contributed by atoms with Gasteiger partial charge in [-0.25, -0.2) is 4.39 Å². The highest BCUT2D eigenvalue weighted by atomic mass is 32.2. The molecule has 3 nitrogen and oxygen atoms in total. The Morgan fingerprint density at radius 1 is 1.38 bits per heavy atom. The van der Waals surface area contributed by atoms with Crippen LogP contribution in [0.3, 0.4) is 0 Å². The van der Waals surface area contributed by atoms with Crippen LogP contribution in [0.15, 0.2) is 29.2 Å². The van der Waals surface area contributed by atoms with E-state index in [9.17, 15) is 9.18 Å². The molecule has 0 aromatic heterocycles. The number of hydrogen-bond acceptors (Lipinski definition) is 4. The van der Waals surface area contributed by atoms with Gasteiger partial charge in [-0.2, -0.15) is 11.8 Å². The molecule has 0 spiro atoms. The maximum absolute atomic E-state index is 12.8. The fraction of sp³-hybridized carbons (Fsp3) is 0.533. The highest BCUT2D eigenvalue weighted by Gasteiger charge is 2.32. The number of amides is 1. The topological polar surface area (TPSA) is 38.3 Å². The van der Waals surface area contributed by atoms with Crippen molar-refractivity contribution in [3.8, 4) is 0 Å². The molecule has 1 fully saturated rings. The maximum atomic E-state index is 12.8. The van der Waals surface area contributed by atoms with Gasteiger partial charge in [-0.3, -0.25) is 4.79 Å². The number of thioether (sulfide) groups is 2. The average molecular weight is 329 g/mol. The quantitative estimate of drug-likeness (QED) is 0.815. The van der Waals surface area contributed by atoms with Crippen molar-refractivity contribution in [1.29, 1.82) is 0 Å². The summed E-state index contributed by atoms with van der Waals surface area (Å²) in [5.41, 5.74) is -0.207. The summed E-state index contributed by atoms with van der Waals surface area (Å²) in [4.78, 5) is 12.8. The second-order valence-corrected chi connectivity index (χ2v) is 7.29. The SMILES string of the molecule is COC1(CNC(=O)CSc2ccc(F)cc2)CCSCC1. The first-order chi connectivity index (χ1) is 10.1. The van der Waals surface area contributed by atoms with Gasteiger partial charge in [0.1, 0.15) is 5.82 Å². The number of methoxy groups -OCH3 is 1. The third kappa shape index (κ3) is 5.20. The van der Waals surface area contributed by atoms with Crippen molar-refractivity contribution in [3.05, 3.63) is 30.1 Å². The fourth-order valence-corrected chi connectivity index (χ4v) is 4.15. The lowest BCUT2D eigenvalue weighted by Gasteiger charge is -2.35. The van der Waals surface area contributed by atoms with Crippen LogP contribution < -0.4 is 5.32 Å². The summed E-state index contributed by atoms with van der Waals surface area (Å²) < 4.78 is 18.4. The van der Waals surface area contributed by atoms with Gasteiger partial charge in [0.25, 0.3) is 0 Å². The van der Waals surface area contributed by atoms with Crippen LogP contribution in [0, 0.1) is 5.82 Å². The van der Waals surface area contributed by atoms with Gasteiger partial charge < -0.3 is 10.1 Å². The molecule has 0 aliphatic carbocycles. The summed E-state index contributed by atoms with van der Waals surface area (Å²) in [6, 6.07) is 6.17. The molecule has 6 heteroatoms. The monoisotopic (exact) mass is 329 g/mol. The van der Waals surface area contributed by atoms with Crippen LogP contribution in [0.1, 0.15) is 12.8 Å². The van der Waals surface area contributed by atoms with Gasteiger partial charge in [0.05, 0.1) is 11.4 Å². The summed E-state index contributed by atoms with van der Waals surface area (Å²) in [7, 11) is 1.72. The van der Waals surface area contributed by atoms with Crippen LogP contribution in [0.2, 0.25) is 0 Å². The Balaban J connectivity index is 1.75. The van der Waals surface area contributed by atoms with Crippen molar-refractivity contribution >= 4 is 29.4 Å². The molecule has 1 amide bonds. The van der Waals surface area contributed by atoms with Crippen molar-refractivity contribution in [3.63, 3.8) is 0 Å². The van der Waals surface area contributed by atoms with Crippen molar-refractivity contribution in [1.82, 2.24) is 5.32 Å². The lowest BCUT2D eigenvalue weighted by atomic mass is 9.96. The number of ether oxygens (including phenoxy) is 1. The fourth-order valence-electron chi connectivity index (χ4n) is 2.19. The van der Waals surface area contributed by atoms with Gasteiger partial charge in [-0.05, 0) is 48.6 Å². The zero-order valence-electron chi connectivity index (χ0n) is 12.1. The van der Waals surface area contributed by atoms with Crippen molar-refractivity contribution in [2.45, 2.75) is 23.3 Å². The molecule has 0 bridgehead atoms. The molecule has 0 radical (unpaired) electrons. The highest BCUT2D eigenvalue weighted by Crippen LogP contribution is 2.29. The lowest BCUT2D eigenvalue weighted by Crippen LogP contribution is -2.47. The molecule has 0 saturated carbocycles. The normalized spacial score (nSPS) is 17.4. The van der Waals surface area contributed by atoms with Gasteiger partial charge in [0.2, 0.25) is 5.91 Å².